The standard InChI is InChI=1S/C19H27ClN2O6S2/c1-2-19-8-7-13-12-4-3-11(27-29(21,23)24)9-15(12)17(20)10-14(13)16(19)5-6-18(19)28-30(22,25)26/h3-4,9,13-14,16-18H,2,5-8,10H2,1H3,(H2,21,23,24)(H2,22,25,26)/t13-,14-,16+,17+,18+,19+/m1/s1. The summed E-state index contributed by atoms with van der Waals surface area (Å²) in [6.45, 7) is 2.09. The highest BCUT2D eigenvalue weighted by Crippen LogP contribution is 2.64. The first-order chi connectivity index (χ1) is 13.9. The second-order valence-electron chi connectivity index (χ2n) is 8.73. The van der Waals surface area contributed by atoms with Crippen LogP contribution in [0.4, 0.5) is 0 Å². The number of hydrogen-bond donors (Lipinski definition) is 2. The van der Waals surface area contributed by atoms with Gasteiger partial charge in [-0.3, -0.25) is 4.18 Å². The molecule has 3 aliphatic carbocycles. The van der Waals surface area contributed by atoms with E-state index in [1.54, 1.807) is 12.1 Å². The Morgan fingerprint density at radius 1 is 1.10 bits per heavy atom. The summed E-state index contributed by atoms with van der Waals surface area (Å²) in [6.07, 6.45) is 4.42. The van der Waals surface area contributed by atoms with E-state index in [0.29, 0.717) is 18.3 Å². The van der Waals surface area contributed by atoms with Crippen molar-refractivity contribution in [2.45, 2.75) is 62.8 Å². The monoisotopic (exact) mass is 478 g/mol. The van der Waals surface area contributed by atoms with Crippen LogP contribution in [-0.4, -0.2) is 22.9 Å². The molecular weight excluding hydrogens is 452 g/mol. The largest absolute Gasteiger partial charge is 0.380 e. The predicted octanol–water partition coefficient (Wildman–Crippen LogP) is 2.84. The molecule has 4 N–H and O–H groups in total. The molecule has 0 aliphatic heterocycles. The molecule has 8 nitrogen and oxygen atoms in total. The molecule has 0 bridgehead atoms. The van der Waals surface area contributed by atoms with Gasteiger partial charge >= 0.3 is 20.6 Å². The van der Waals surface area contributed by atoms with Crippen molar-refractivity contribution in [3.8, 4) is 5.75 Å². The summed E-state index contributed by atoms with van der Waals surface area (Å²) in [5.74, 6) is 1.02. The third kappa shape index (κ3) is 3.98. The highest BCUT2D eigenvalue weighted by atomic mass is 35.5. The van der Waals surface area contributed by atoms with Gasteiger partial charge in [0.25, 0.3) is 0 Å². The van der Waals surface area contributed by atoms with Gasteiger partial charge in [0.1, 0.15) is 5.75 Å². The Morgan fingerprint density at radius 2 is 1.83 bits per heavy atom. The maximum atomic E-state index is 11.6. The number of rotatable bonds is 5. The normalized spacial score (nSPS) is 35.9. The minimum absolute atomic E-state index is 0.154. The Balaban J connectivity index is 1.66. The Labute approximate surface area is 182 Å². The molecule has 0 radical (unpaired) electrons. The van der Waals surface area contributed by atoms with E-state index in [4.69, 9.17) is 30.2 Å². The molecule has 4 rings (SSSR count). The molecule has 0 unspecified atom stereocenters. The topological polar surface area (TPSA) is 139 Å². The summed E-state index contributed by atoms with van der Waals surface area (Å²) in [7, 11) is -8.12. The lowest BCUT2D eigenvalue weighted by Gasteiger charge is -2.52. The molecule has 0 heterocycles. The van der Waals surface area contributed by atoms with Crippen LogP contribution < -0.4 is 14.5 Å². The molecule has 0 aromatic heterocycles. The average Bonchev–Trinajstić information content (AvgIpc) is 2.98. The van der Waals surface area contributed by atoms with Crippen molar-refractivity contribution in [2.24, 2.45) is 27.5 Å². The zero-order chi connectivity index (χ0) is 21.9. The van der Waals surface area contributed by atoms with Gasteiger partial charge in [-0.1, -0.05) is 13.0 Å². The van der Waals surface area contributed by atoms with Crippen LogP contribution in [-0.2, 0) is 24.8 Å². The summed E-state index contributed by atoms with van der Waals surface area (Å²) < 4.78 is 55.9. The van der Waals surface area contributed by atoms with Crippen LogP contribution in [0.2, 0.25) is 0 Å². The van der Waals surface area contributed by atoms with Crippen LogP contribution in [0.3, 0.4) is 0 Å². The maximum absolute atomic E-state index is 11.6. The van der Waals surface area contributed by atoms with Gasteiger partial charge in [-0.05, 0) is 79.5 Å². The maximum Gasteiger partial charge on any atom is 0.380 e. The van der Waals surface area contributed by atoms with Crippen molar-refractivity contribution in [1.29, 1.82) is 0 Å². The number of hydrogen-bond acceptors (Lipinski definition) is 6. The molecule has 2 fully saturated rings. The molecule has 168 valence electrons. The van der Waals surface area contributed by atoms with Gasteiger partial charge in [0.15, 0.2) is 0 Å². The third-order valence-electron chi connectivity index (χ3n) is 7.47. The molecule has 3 aliphatic rings. The van der Waals surface area contributed by atoms with E-state index in [2.05, 4.69) is 6.92 Å². The quantitative estimate of drug-likeness (QED) is 0.623. The first kappa shape index (κ1) is 22.3. The fourth-order valence-electron chi connectivity index (χ4n) is 6.45. The first-order valence-corrected chi connectivity index (χ1v) is 13.5. The SMILES string of the molecule is CC[C@]12CC[C@@H]3c4ccc(OS(N)(=O)=O)cc4[C@@H](Cl)C[C@H]3[C@@H]1CC[C@@H]2OS(N)(=O)=O. The average molecular weight is 479 g/mol. The van der Waals surface area contributed by atoms with E-state index < -0.39 is 26.7 Å². The zero-order valence-corrected chi connectivity index (χ0v) is 19.0. The summed E-state index contributed by atoms with van der Waals surface area (Å²) in [5, 5.41) is 9.88. The number of alkyl halides is 1. The predicted molar refractivity (Wildman–Crippen MR) is 112 cm³/mol. The van der Waals surface area contributed by atoms with E-state index in [0.717, 1.165) is 43.2 Å². The van der Waals surface area contributed by atoms with Gasteiger partial charge in [-0.2, -0.15) is 22.0 Å². The fraction of sp³-hybridized carbons (Fsp3) is 0.684. The van der Waals surface area contributed by atoms with Gasteiger partial charge in [0, 0.05) is 5.41 Å². The Morgan fingerprint density at radius 3 is 2.47 bits per heavy atom. The molecule has 1 aromatic carbocycles. The molecule has 0 saturated heterocycles. The molecule has 30 heavy (non-hydrogen) atoms. The van der Waals surface area contributed by atoms with Gasteiger partial charge in [-0.15, -0.1) is 11.6 Å². The number of benzene rings is 1. The van der Waals surface area contributed by atoms with E-state index in [1.165, 1.54) is 0 Å². The molecule has 11 heteroatoms. The highest BCUT2D eigenvalue weighted by Gasteiger charge is 2.58. The summed E-state index contributed by atoms with van der Waals surface area (Å²) in [5.41, 5.74) is 1.75. The second kappa shape index (κ2) is 7.60. The van der Waals surface area contributed by atoms with Crippen molar-refractivity contribution in [1.82, 2.24) is 0 Å². The van der Waals surface area contributed by atoms with Crippen molar-refractivity contribution >= 4 is 32.2 Å². The second-order valence-corrected chi connectivity index (χ2v) is 11.6. The smallest absolute Gasteiger partial charge is 0.371 e. The molecule has 1 aromatic rings. The van der Waals surface area contributed by atoms with E-state index in [-0.39, 0.29) is 22.5 Å². The van der Waals surface area contributed by atoms with Crippen LogP contribution in [0, 0.1) is 17.3 Å². The van der Waals surface area contributed by atoms with Crippen LogP contribution >= 0.6 is 11.6 Å². The van der Waals surface area contributed by atoms with Crippen LogP contribution in [0.5, 0.6) is 5.75 Å². The summed E-state index contributed by atoms with van der Waals surface area (Å²) in [4.78, 5) is 0. The first-order valence-electron chi connectivity index (χ1n) is 10.1. The minimum atomic E-state index is -4.11. The van der Waals surface area contributed by atoms with E-state index in [1.807, 2.05) is 6.07 Å². The van der Waals surface area contributed by atoms with E-state index >= 15 is 0 Å². The number of halogens is 1. The van der Waals surface area contributed by atoms with Gasteiger partial charge < -0.3 is 4.18 Å². The third-order valence-corrected chi connectivity index (χ3v) is 8.81. The lowest BCUT2D eigenvalue weighted by molar-refractivity contribution is -0.0260. The lowest BCUT2D eigenvalue weighted by Crippen LogP contribution is -2.47. The number of nitrogens with two attached hydrogens (primary N) is 2. The van der Waals surface area contributed by atoms with Crippen molar-refractivity contribution in [3.05, 3.63) is 29.3 Å². The molecule has 0 spiro atoms. The lowest BCUT2D eigenvalue weighted by atomic mass is 9.54. The van der Waals surface area contributed by atoms with E-state index in [9.17, 15) is 16.8 Å². The minimum Gasteiger partial charge on any atom is -0.371 e. The zero-order valence-electron chi connectivity index (χ0n) is 16.7. The number of fused-ring (bicyclic) bond motifs is 5. The molecule has 2 saturated carbocycles. The van der Waals surface area contributed by atoms with Gasteiger partial charge in [-0.25, -0.2) is 5.14 Å². The summed E-state index contributed by atoms with van der Waals surface area (Å²) in [6, 6.07) is 5.16. The van der Waals surface area contributed by atoms with Crippen molar-refractivity contribution in [3.63, 3.8) is 0 Å². The molecule has 0 amide bonds. The summed E-state index contributed by atoms with van der Waals surface area (Å²) >= 11 is 6.75. The van der Waals surface area contributed by atoms with Gasteiger partial charge in [0.05, 0.1) is 11.5 Å². The fourth-order valence-corrected chi connectivity index (χ4v) is 7.83. The van der Waals surface area contributed by atoms with Crippen LogP contribution in [0.25, 0.3) is 0 Å². The van der Waals surface area contributed by atoms with Gasteiger partial charge in [0.2, 0.25) is 0 Å². The molecule has 6 atom stereocenters. The highest BCUT2D eigenvalue weighted by molar-refractivity contribution is 7.84. The Kier molecular flexibility index (Phi) is 5.64. The van der Waals surface area contributed by atoms with Crippen molar-refractivity contribution in [2.75, 3.05) is 0 Å². The van der Waals surface area contributed by atoms with Crippen LogP contribution in [0.15, 0.2) is 18.2 Å². The molecular formula is C19H27ClN2O6S2. The Bertz CT molecular complexity index is 1050. The van der Waals surface area contributed by atoms with Crippen LogP contribution in [0.1, 0.15) is 67.9 Å². The Hall–Kier alpha value is -0.910. The van der Waals surface area contributed by atoms with Crippen molar-refractivity contribution < 1.29 is 25.2 Å².